The molecule has 0 amide bonds. The molecule has 1 heterocycles. The molecule has 0 aliphatic rings. The quantitative estimate of drug-likeness (QED) is 0.604. The van der Waals surface area contributed by atoms with Crippen LogP contribution < -0.4 is 5.32 Å². The maximum absolute atomic E-state index is 14.0. The van der Waals surface area contributed by atoms with E-state index in [0.717, 1.165) is 6.07 Å². The highest BCUT2D eigenvalue weighted by Gasteiger charge is 2.17. The van der Waals surface area contributed by atoms with Gasteiger partial charge in [-0.05, 0) is 35.7 Å². The standard InChI is InChI=1S/C15H7Cl2F3N2/c16-8-4-9(17)6-10(5-8)22-15-12-7(1-2-21-15)3-11(18)13(19)14(12)20/h1-6H,(H,21,22). The molecule has 0 radical (unpaired) electrons. The molecule has 1 aromatic heterocycles. The minimum atomic E-state index is -1.55. The van der Waals surface area contributed by atoms with Crippen molar-refractivity contribution in [3.05, 3.63) is 64.0 Å². The summed E-state index contributed by atoms with van der Waals surface area (Å²) in [4.78, 5) is 3.97. The Hall–Kier alpha value is -1.98. The first-order valence-electron chi connectivity index (χ1n) is 6.11. The zero-order chi connectivity index (χ0) is 15.9. The Balaban J connectivity index is 2.17. The van der Waals surface area contributed by atoms with E-state index in [1.807, 2.05) is 0 Å². The molecule has 3 rings (SSSR count). The molecule has 7 heteroatoms. The lowest BCUT2D eigenvalue weighted by molar-refractivity contribution is 0.453. The monoisotopic (exact) mass is 342 g/mol. The summed E-state index contributed by atoms with van der Waals surface area (Å²) in [6, 6.07) is 6.92. The number of hydrogen-bond donors (Lipinski definition) is 1. The zero-order valence-electron chi connectivity index (χ0n) is 10.8. The van der Waals surface area contributed by atoms with Crippen LogP contribution in [-0.2, 0) is 0 Å². The highest BCUT2D eigenvalue weighted by Crippen LogP contribution is 2.31. The number of pyridine rings is 1. The van der Waals surface area contributed by atoms with E-state index in [9.17, 15) is 13.2 Å². The number of benzene rings is 2. The molecule has 0 bridgehead atoms. The molecule has 1 N–H and O–H groups in total. The second-order valence-corrected chi connectivity index (χ2v) is 5.40. The van der Waals surface area contributed by atoms with Crippen molar-refractivity contribution in [3.63, 3.8) is 0 Å². The van der Waals surface area contributed by atoms with Crippen LogP contribution in [0.4, 0.5) is 24.7 Å². The SMILES string of the molecule is Fc1cc2ccnc(Nc3cc(Cl)cc(Cl)c3)c2c(F)c1F. The summed E-state index contributed by atoms with van der Waals surface area (Å²) in [6.07, 6.45) is 1.35. The largest absolute Gasteiger partial charge is 0.340 e. The minimum Gasteiger partial charge on any atom is -0.340 e. The fraction of sp³-hybridized carbons (Fsp3) is 0. The lowest BCUT2D eigenvalue weighted by atomic mass is 10.1. The maximum atomic E-state index is 14.0. The third kappa shape index (κ3) is 2.69. The molecule has 112 valence electrons. The van der Waals surface area contributed by atoms with Gasteiger partial charge in [0.05, 0.1) is 5.39 Å². The van der Waals surface area contributed by atoms with E-state index in [4.69, 9.17) is 23.2 Å². The smallest absolute Gasteiger partial charge is 0.195 e. The number of nitrogens with one attached hydrogen (secondary N) is 1. The summed E-state index contributed by atoms with van der Waals surface area (Å²) >= 11 is 11.8. The number of hydrogen-bond acceptors (Lipinski definition) is 2. The number of rotatable bonds is 2. The summed E-state index contributed by atoms with van der Waals surface area (Å²) in [7, 11) is 0. The van der Waals surface area contributed by atoms with Gasteiger partial charge in [0.1, 0.15) is 5.82 Å². The molecular formula is C15H7Cl2F3N2. The number of fused-ring (bicyclic) bond motifs is 1. The van der Waals surface area contributed by atoms with Gasteiger partial charge in [-0.1, -0.05) is 23.2 Å². The van der Waals surface area contributed by atoms with Crippen LogP contribution in [-0.4, -0.2) is 4.98 Å². The van der Waals surface area contributed by atoms with Gasteiger partial charge in [-0.25, -0.2) is 18.2 Å². The minimum absolute atomic E-state index is 0.0345. The fourth-order valence-electron chi connectivity index (χ4n) is 2.10. The van der Waals surface area contributed by atoms with E-state index in [-0.39, 0.29) is 16.6 Å². The average Bonchev–Trinajstić information content (AvgIpc) is 2.43. The van der Waals surface area contributed by atoms with Crippen molar-refractivity contribution < 1.29 is 13.2 Å². The topological polar surface area (TPSA) is 24.9 Å². The van der Waals surface area contributed by atoms with Gasteiger partial charge in [-0.15, -0.1) is 0 Å². The van der Waals surface area contributed by atoms with Crippen molar-refractivity contribution in [1.29, 1.82) is 0 Å². The molecule has 0 aliphatic carbocycles. The number of aromatic nitrogens is 1. The van der Waals surface area contributed by atoms with E-state index in [1.165, 1.54) is 18.3 Å². The Kier molecular flexibility index (Phi) is 3.85. The first kappa shape index (κ1) is 14.9. The molecular weight excluding hydrogens is 336 g/mol. The predicted octanol–water partition coefficient (Wildman–Crippen LogP) is 5.70. The van der Waals surface area contributed by atoms with E-state index in [2.05, 4.69) is 10.3 Å². The molecule has 0 saturated heterocycles. The van der Waals surface area contributed by atoms with Gasteiger partial charge in [0.15, 0.2) is 17.5 Å². The van der Waals surface area contributed by atoms with E-state index < -0.39 is 17.5 Å². The Morgan fingerprint density at radius 3 is 2.27 bits per heavy atom. The van der Waals surface area contributed by atoms with Crippen LogP contribution in [0.2, 0.25) is 10.0 Å². The van der Waals surface area contributed by atoms with E-state index in [1.54, 1.807) is 12.1 Å². The Bertz CT molecular complexity index is 864. The van der Waals surface area contributed by atoms with Crippen molar-refractivity contribution in [2.24, 2.45) is 0 Å². The Morgan fingerprint density at radius 1 is 0.909 bits per heavy atom. The molecule has 0 saturated carbocycles. The van der Waals surface area contributed by atoms with Crippen LogP contribution in [0.25, 0.3) is 10.8 Å². The maximum Gasteiger partial charge on any atom is 0.195 e. The summed E-state index contributed by atoms with van der Waals surface area (Å²) < 4.78 is 40.8. The van der Waals surface area contributed by atoms with Gasteiger partial charge in [-0.3, -0.25) is 0 Å². The number of halogens is 5. The Morgan fingerprint density at radius 2 is 1.59 bits per heavy atom. The summed E-state index contributed by atoms with van der Waals surface area (Å²) in [5, 5.41) is 3.57. The molecule has 0 atom stereocenters. The van der Waals surface area contributed by atoms with Gasteiger partial charge >= 0.3 is 0 Å². The number of nitrogens with zero attached hydrogens (tertiary/aromatic N) is 1. The first-order chi connectivity index (χ1) is 10.5. The van der Waals surface area contributed by atoms with Crippen molar-refractivity contribution in [2.75, 3.05) is 5.32 Å². The molecule has 2 nitrogen and oxygen atoms in total. The van der Waals surface area contributed by atoms with Crippen LogP contribution in [0.3, 0.4) is 0 Å². The first-order valence-corrected chi connectivity index (χ1v) is 6.86. The molecule has 0 fully saturated rings. The van der Waals surface area contributed by atoms with E-state index >= 15 is 0 Å². The lowest BCUT2D eigenvalue weighted by Gasteiger charge is -2.11. The van der Waals surface area contributed by atoms with Crippen molar-refractivity contribution in [3.8, 4) is 0 Å². The molecule has 22 heavy (non-hydrogen) atoms. The lowest BCUT2D eigenvalue weighted by Crippen LogP contribution is -1.99. The van der Waals surface area contributed by atoms with E-state index in [0.29, 0.717) is 15.7 Å². The van der Waals surface area contributed by atoms with Crippen molar-refractivity contribution in [1.82, 2.24) is 4.98 Å². The van der Waals surface area contributed by atoms with Crippen LogP contribution in [0, 0.1) is 17.5 Å². The molecule has 0 aliphatic heterocycles. The second-order valence-electron chi connectivity index (χ2n) is 4.53. The molecule has 2 aromatic carbocycles. The highest BCUT2D eigenvalue weighted by atomic mass is 35.5. The third-order valence-electron chi connectivity index (χ3n) is 3.01. The van der Waals surface area contributed by atoms with Gasteiger partial charge in [-0.2, -0.15) is 0 Å². The molecule has 0 spiro atoms. The normalized spacial score (nSPS) is 11.0. The Labute approximate surface area is 133 Å². The van der Waals surface area contributed by atoms with Gasteiger partial charge in [0.25, 0.3) is 0 Å². The predicted molar refractivity (Wildman–Crippen MR) is 81.4 cm³/mol. The summed E-state index contributed by atoms with van der Waals surface area (Å²) in [5.74, 6) is -4.08. The van der Waals surface area contributed by atoms with Crippen LogP contribution in [0.1, 0.15) is 0 Å². The van der Waals surface area contributed by atoms with Crippen LogP contribution in [0.5, 0.6) is 0 Å². The van der Waals surface area contributed by atoms with Crippen molar-refractivity contribution in [2.45, 2.75) is 0 Å². The highest BCUT2D eigenvalue weighted by molar-refractivity contribution is 6.35. The zero-order valence-corrected chi connectivity index (χ0v) is 12.3. The van der Waals surface area contributed by atoms with Gasteiger partial charge < -0.3 is 5.32 Å². The van der Waals surface area contributed by atoms with Gasteiger partial charge in [0, 0.05) is 21.9 Å². The van der Waals surface area contributed by atoms with Crippen molar-refractivity contribution >= 4 is 45.5 Å². The molecule has 3 aromatic rings. The summed E-state index contributed by atoms with van der Waals surface area (Å²) in [6.45, 7) is 0. The van der Waals surface area contributed by atoms with Crippen LogP contribution >= 0.6 is 23.2 Å². The summed E-state index contributed by atoms with van der Waals surface area (Å²) in [5.41, 5.74) is 0.446. The second kappa shape index (κ2) is 5.66. The van der Waals surface area contributed by atoms with Gasteiger partial charge in [0.2, 0.25) is 0 Å². The number of anilines is 2. The van der Waals surface area contributed by atoms with Crippen LogP contribution in [0.15, 0.2) is 36.5 Å². The third-order valence-corrected chi connectivity index (χ3v) is 3.45. The average molecular weight is 343 g/mol. The molecule has 0 unspecified atom stereocenters. The fourth-order valence-corrected chi connectivity index (χ4v) is 2.63.